The zero-order valence-corrected chi connectivity index (χ0v) is 21.5. The largest absolute Gasteiger partial charge is 0.416 e. The van der Waals surface area contributed by atoms with Gasteiger partial charge in [0, 0.05) is 62.6 Å². The van der Waals surface area contributed by atoms with Crippen molar-refractivity contribution in [1.29, 1.82) is 0 Å². The number of fused-ring (bicyclic) bond motifs is 1. The van der Waals surface area contributed by atoms with Crippen molar-refractivity contribution in [2.75, 3.05) is 38.5 Å². The van der Waals surface area contributed by atoms with Crippen LogP contribution in [-0.4, -0.2) is 68.3 Å². The minimum Gasteiger partial charge on any atom is -0.322 e. The molecule has 1 aliphatic heterocycles. The lowest BCUT2D eigenvalue weighted by Gasteiger charge is -2.33. The first kappa shape index (κ1) is 26.3. The Balaban J connectivity index is 1.35. The topological polar surface area (TPSA) is 78.7 Å². The zero-order valence-electron chi connectivity index (χ0n) is 21.5. The van der Waals surface area contributed by atoms with E-state index in [2.05, 4.69) is 37.0 Å². The van der Waals surface area contributed by atoms with Gasteiger partial charge in [0.1, 0.15) is 5.69 Å². The van der Waals surface area contributed by atoms with E-state index in [-0.39, 0.29) is 23.4 Å². The van der Waals surface area contributed by atoms with Crippen molar-refractivity contribution < 1.29 is 18.0 Å². The maximum atomic E-state index is 13.9. The summed E-state index contributed by atoms with van der Waals surface area (Å²) < 4.78 is 43.6. The van der Waals surface area contributed by atoms with Gasteiger partial charge in [-0.25, -0.2) is 4.98 Å². The fourth-order valence-electron chi connectivity index (χ4n) is 4.36. The molecule has 11 heteroatoms. The van der Waals surface area contributed by atoms with Gasteiger partial charge in [0.25, 0.3) is 5.91 Å². The van der Waals surface area contributed by atoms with Gasteiger partial charge in [-0.15, -0.1) is 0 Å². The number of carbonyl (C=O) groups is 1. The Hall–Kier alpha value is -4.27. The standard InChI is InChI=1S/C28H26F3N7O/c1-19-20(4-6-24-16-34-26-17-32-7-8-38(24)26)13-22(15-33-19)27(39)35-23-5-3-21(25(14-23)28(29,30)31)18-37-11-9-36(2)10-12-37/h3,5,7-8,13-17H,9-12,18H2,1-2H3,(H,35,39). The molecular formula is C28H26F3N7O. The second-order valence-corrected chi connectivity index (χ2v) is 9.46. The lowest BCUT2D eigenvalue weighted by atomic mass is 10.0. The quantitative estimate of drug-likeness (QED) is 0.402. The summed E-state index contributed by atoms with van der Waals surface area (Å²) in [4.78, 5) is 29.6. The Labute approximate surface area is 223 Å². The molecule has 3 aromatic heterocycles. The molecule has 0 aliphatic carbocycles. The molecule has 8 nitrogen and oxygen atoms in total. The number of likely N-dealkylation sites (N-methyl/N-ethyl adjacent to an activating group) is 1. The number of nitrogens with zero attached hydrogens (tertiary/aromatic N) is 6. The normalized spacial score (nSPS) is 14.7. The molecule has 0 spiro atoms. The van der Waals surface area contributed by atoms with Crippen LogP contribution in [0.3, 0.4) is 0 Å². The Bertz CT molecular complexity index is 1580. The van der Waals surface area contributed by atoms with E-state index in [9.17, 15) is 18.0 Å². The maximum absolute atomic E-state index is 13.9. The Morgan fingerprint density at radius 2 is 1.85 bits per heavy atom. The van der Waals surface area contributed by atoms with E-state index in [1.807, 2.05) is 11.9 Å². The first-order valence-electron chi connectivity index (χ1n) is 12.4. The fourth-order valence-corrected chi connectivity index (χ4v) is 4.36. The average molecular weight is 534 g/mol. The van der Waals surface area contributed by atoms with E-state index >= 15 is 0 Å². The molecule has 1 aromatic carbocycles. The Kier molecular flexibility index (Phi) is 7.32. The van der Waals surface area contributed by atoms with Crippen LogP contribution >= 0.6 is 0 Å². The number of pyridine rings is 1. The number of aromatic nitrogens is 4. The molecule has 1 N–H and O–H groups in total. The molecular weight excluding hydrogens is 507 g/mol. The molecule has 0 atom stereocenters. The van der Waals surface area contributed by atoms with Gasteiger partial charge in [0.2, 0.25) is 0 Å². The van der Waals surface area contributed by atoms with Gasteiger partial charge in [0.05, 0.1) is 29.2 Å². The van der Waals surface area contributed by atoms with Crippen LogP contribution in [0, 0.1) is 18.8 Å². The highest BCUT2D eigenvalue weighted by molar-refractivity contribution is 6.04. The average Bonchev–Trinajstić information content (AvgIpc) is 3.33. The van der Waals surface area contributed by atoms with E-state index in [1.165, 1.54) is 18.3 Å². The van der Waals surface area contributed by atoms with E-state index in [1.54, 1.807) is 42.2 Å². The molecule has 1 amide bonds. The number of piperazine rings is 1. The highest BCUT2D eigenvalue weighted by Crippen LogP contribution is 2.34. The second-order valence-electron chi connectivity index (χ2n) is 9.46. The number of halogens is 3. The van der Waals surface area contributed by atoms with Crippen molar-refractivity contribution in [1.82, 2.24) is 29.2 Å². The van der Waals surface area contributed by atoms with Crippen LogP contribution < -0.4 is 5.32 Å². The number of nitrogens with one attached hydrogen (secondary N) is 1. The van der Waals surface area contributed by atoms with Crippen LogP contribution in [0.1, 0.15) is 38.4 Å². The number of benzene rings is 1. The maximum Gasteiger partial charge on any atom is 0.416 e. The van der Waals surface area contributed by atoms with Crippen molar-refractivity contribution in [3.05, 3.63) is 88.9 Å². The summed E-state index contributed by atoms with van der Waals surface area (Å²) in [6.45, 7) is 4.98. The molecule has 200 valence electrons. The van der Waals surface area contributed by atoms with Crippen LogP contribution in [0.5, 0.6) is 0 Å². The number of aryl methyl sites for hydroxylation is 1. The monoisotopic (exact) mass is 533 g/mol. The zero-order chi connectivity index (χ0) is 27.6. The summed E-state index contributed by atoms with van der Waals surface area (Å²) in [6.07, 6.45) is 3.43. The summed E-state index contributed by atoms with van der Waals surface area (Å²) in [5.41, 5.74) is 2.09. The van der Waals surface area contributed by atoms with Crippen molar-refractivity contribution in [2.45, 2.75) is 19.6 Å². The molecule has 1 aliphatic rings. The SMILES string of the molecule is Cc1ncc(C(=O)Nc2ccc(CN3CCN(C)CC3)c(C(F)(F)F)c2)cc1C#Cc1cnc2cnccn12. The fraction of sp³-hybridized carbons (Fsp3) is 0.286. The van der Waals surface area contributed by atoms with Crippen molar-refractivity contribution in [2.24, 2.45) is 0 Å². The Morgan fingerprint density at radius 3 is 2.62 bits per heavy atom. The van der Waals surface area contributed by atoms with E-state index < -0.39 is 17.6 Å². The molecule has 0 radical (unpaired) electrons. The first-order valence-corrected chi connectivity index (χ1v) is 12.4. The number of rotatable bonds is 4. The van der Waals surface area contributed by atoms with Gasteiger partial charge in [-0.1, -0.05) is 12.0 Å². The first-order chi connectivity index (χ1) is 18.7. The molecule has 0 unspecified atom stereocenters. The van der Waals surface area contributed by atoms with E-state index in [0.29, 0.717) is 35.7 Å². The number of hydrogen-bond acceptors (Lipinski definition) is 6. The lowest BCUT2D eigenvalue weighted by molar-refractivity contribution is -0.138. The number of anilines is 1. The van der Waals surface area contributed by atoms with Crippen molar-refractivity contribution in [3.8, 4) is 11.8 Å². The minimum atomic E-state index is -4.55. The number of imidazole rings is 1. The van der Waals surface area contributed by atoms with Gasteiger partial charge in [-0.2, -0.15) is 13.2 Å². The van der Waals surface area contributed by atoms with E-state index in [4.69, 9.17) is 0 Å². The van der Waals surface area contributed by atoms with Crippen molar-refractivity contribution in [3.63, 3.8) is 0 Å². The summed E-state index contributed by atoms with van der Waals surface area (Å²) in [5, 5.41) is 2.58. The summed E-state index contributed by atoms with van der Waals surface area (Å²) in [5.74, 6) is 5.46. The number of alkyl halides is 3. The third-order valence-corrected chi connectivity index (χ3v) is 6.65. The van der Waals surface area contributed by atoms with Crippen LogP contribution in [-0.2, 0) is 12.7 Å². The molecule has 0 saturated carbocycles. The Morgan fingerprint density at radius 1 is 1.05 bits per heavy atom. The third-order valence-electron chi connectivity index (χ3n) is 6.65. The highest BCUT2D eigenvalue weighted by Gasteiger charge is 2.34. The predicted molar refractivity (Wildman–Crippen MR) is 140 cm³/mol. The molecule has 39 heavy (non-hydrogen) atoms. The van der Waals surface area contributed by atoms with Gasteiger partial charge in [0.15, 0.2) is 5.65 Å². The van der Waals surface area contributed by atoms with Crippen LogP contribution in [0.4, 0.5) is 18.9 Å². The number of amides is 1. The van der Waals surface area contributed by atoms with Gasteiger partial charge >= 0.3 is 6.18 Å². The van der Waals surface area contributed by atoms with Crippen molar-refractivity contribution >= 4 is 17.2 Å². The molecule has 1 fully saturated rings. The molecule has 0 bridgehead atoms. The third kappa shape index (κ3) is 6.08. The smallest absolute Gasteiger partial charge is 0.322 e. The molecule has 4 heterocycles. The van der Waals surface area contributed by atoms with Gasteiger partial charge < -0.3 is 10.2 Å². The summed E-state index contributed by atoms with van der Waals surface area (Å²) in [7, 11) is 1.99. The van der Waals surface area contributed by atoms with E-state index in [0.717, 1.165) is 19.2 Å². The highest BCUT2D eigenvalue weighted by atomic mass is 19.4. The van der Waals surface area contributed by atoms with Crippen LogP contribution in [0.2, 0.25) is 0 Å². The van der Waals surface area contributed by atoms with Crippen LogP contribution in [0.25, 0.3) is 5.65 Å². The second kappa shape index (κ2) is 10.8. The molecule has 1 saturated heterocycles. The van der Waals surface area contributed by atoms with Crippen LogP contribution in [0.15, 0.2) is 55.2 Å². The molecule has 5 rings (SSSR count). The summed E-state index contributed by atoms with van der Waals surface area (Å²) in [6, 6.07) is 5.50. The van der Waals surface area contributed by atoms with Gasteiger partial charge in [-0.3, -0.25) is 24.1 Å². The number of hydrogen-bond donors (Lipinski definition) is 1. The number of carbonyl (C=O) groups excluding carboxylic acids is 1. The lowest BCUT2D eigenvalue weighted by Crippen LogP contribution is -2.44. The minimum absolute atomic E-state index is 0.0574. The molecule has 4 aromatic rings. The van der Waals surface area contributed by atoms with Gasteiger partial charge in [-0.05, 0) is 43.7 Å². The predicted octanol–water partition coefficient (Wildman–Crippen LogP) is 3.85. The summed E-state index contributed by atoms with van der Waals surface area (Å²) >= 11 is 0.